The molecule has 0 radical (unpaired) electrons. The lowest BCUT2D eigenvalue weighted by molar-refractivity contribution is 0.0903. The molecular formula is C13H14O2S2. The van der Waals surface area contributed by atoms with E-state index in [-0.39, 0.29) is 5.78 Å². The van der Waals surface area contributed by atoms with Crippen molar-refractivity contribution in [1.29, 1.82) is 0 Å². The maximum absolute atomic E-state index is 12.2. The van der Waals surface area contributed by atoms with Crippen LogP contribution in [0.25, 0.3) is 0 Å². The second kappa shape index (κ2) is 4.86. The Labute approximate surface area is 109 Å². The van der Waals surface area contributed by atoms with Gasteiger partial charge in [-0.1, -0.05) is 0 Å². The minimum atomic E-state index is 0.0779. The van der Waals surface area contributed by atoms with Crippen molar-refractivity contribution < 1.29 is 9.53 Å². The molecule has 0 unspecified atom stereocenters. The van der Waals surface area contributed by atoms with Crippen LogP contribution in [0, 0.1) is 0 Å². The highest BCUT2D eigenvalue weighted by atomic mass is 32.2. The molecule has 1 aromatic rings. The Morgan fingerprint density at radius 2 is 2.35 bits per heavy atom. The Balaban J connectivity index is 1.86. The van der Waals surface area contributed by atoms with Gasteiger partial charge in [-0.2, -0.15) is 11.8 Å². The third kappa shape index (κ3) is 2.29. The normalized spacial score (nSPS) is 19.2. The first-order valence-corrected chi connectivity index (χ1v) is 7.89. The van der Waals surface area contributed by atoms with E-state index in [0.717, 1.165) is 29.9 Å². The number of thioether (sulfide) groups is 1. The van der Waals surface area contributed by atoms with Gasteiger partial charge in [-0.3, -0.25) is 4.79 Å². The molecule has 0 N–H and O–H groups in total. The number of fused-ring (bicyclic) bond motifs is 1. The minimum Gasteiger partial charge on any atom is -0.490 e. The standard InChI is InChI=1S/C13H14O2S2/c14-13(10-3-1-2-5-15-10)12-7-9-8-16-6-4-11(9)17-12/h3,7H,1-2,4-6,8H2. The summed E-state index contributed by atoms with van der Waals surface area (Å²) in [5.41, 5.74) is 1.35. The molecule has 0 bridgehead atoms. The predicted octanol–water partition coefficient (Wildman–Crippen LogP) is 3.41. The largest absolute Gasteiger partial charge is 0.490 e. The zero-order chi connectivity index (χ0) is 11.7. The fraction of sp³-hybridized carbons (Fsp3) is 0.462. The van der Waals surface area contributed by atoms with Crippen LogP contribution in [0.2, 0.25) is 0 Å². The lowest BCUT2D eigenvalue weighted by atomic mass is 10.1. The molecule has 0 saturated heterocycles. The van der Waals surface area contributed by atoms with Gasteiger partial charge in [0.2, 0.25) is 5.78 Å². The zero-order valence-electron chi connectivity index (χ0n) is 9.53. The van der Waals surface area contributed by atoms with Crippen LogP contribution in [0.3, 0.4) is 0 Å². The first-order chi connectivity index (χ1) is 8.34. The number of Topliss-reactive ketones (excluding diaryl/α,β-unsaturated/α-hetero) is 1. The van der Waals surface area contributed by atoms with E-state index in [4.69, 9.17) is 4.74 Å². The van der Waals surface area contributed by atoms with Crippen LogP contribution in [0.4, 0.5) is 0 Å². The van der Waals surface area contributed by atoms with Gasteiger partial charge in [0.05, 0.1) is 11.5 Å². The molecule has 2 aliphatic rings. The van der Waals surface area contributed by atoms with Gasteiger partial charge in [0.25, 0.3) is 0 Å². The highest BCUT2D eigenvalue weighted by Gasteiger charge is 2.21. The van der Waals surface area contributed by atoms with Crippen molar-refractivity contribution >= 4 is 28.9 Å². The summed E-state index contributed by atoms with van der Waals surface area (Å²) in [6, 6.07) is 2.06. The molecule has 90 valence electrons. The summed E-state index contributed by atoms with van der Waals surface area (Å²) in [7, 11) is 0. The van der Waals surface area contributed by atoms with E-state index in [1.165, 1.54) is 16.2 Å². The van der Waals surface area contributed by atoms with Gasteiger partial charge in [0.1, 0.15) is 0 Å². The SMILES string of the molecule is O=C(C1=CCCCO1)c1cc2c(s1)CCSC2. The van der Waals surface area contributed by atoms with Crippen molar-refractivity contribution in [2.75, 3.05) is 12.4 Å². The number of hydrogen-bond acceptors (Lipinski definition) is 4. The zero-order valence-corrected chi connectivity index (χ0v) is 11.2. The highest BCUT2D eigenvalue weighted by molar-refractivity contribution is 7.98. The molecule has 4 heteroatoms. The molecule has 0 fully saturated rings. The maximum atomic E-state index is 12.2. The molecule has 3 rings (SSSR count). The van der Waals surface area contributed by atoms with Crippen molar-refractivity contribution in [1.82, 2.24) is 0 Å². The van der Waals surface area contributed by atoms with Gasteiger partial charge in [-0.05, 0) is 42.7 Å². The summed E-state index contributed by atoms with van der Waals surface area (Å²) >= 11 is 3.60. The van der Waals surface area contributed by atoms with Gasteiger partial charge in [-0.15, -0.1) is 11.3 Å². The molecule has 0 aromatic carbocycles. The molecule has 0 aliphatic carbocycles. The number of ketones is 1. The average Bonchev–Trinajstić information content (AvgIpc) is 2.82. The summed E-state index contributed by atoms with van der Waals surface area (Å²) < 4.78 is 5.44. The predicted molar refractivity (Wildman–Crippen MR) is 71.8 cm³/mol. The molecule has 0 saturated carbocycles. The Morgan fingerprint density at radius 3 is 3.12 bits per heavy atom. The van der Waals surface area contributed by atoms with E-state index in [1.807, 2.05) is 17.8 Å². The maximum Gasteiger partial charge on any atom is 0.237 e. The van der Waals surface area contributed by atoms with Crippen LogP contribution in [-0.4, -0.2) is 18.1 Å². The smallest absolute Gasteiger partial charge is 0.237 e. The lowest BCUT2D eigenvalue weighted by Gasteiger charge is -2.12. The fourth-order valence-electron chi connectivity index (χ4n) is 2.10. The van der Waals surface area contributed by atoms with Crippen LogP contribution < -0.4 is 0 Å². The Hall–Kier alpha value is -0.740. The number of rotatable bonds is 2. The Bertz CT molecular complexity index is 450. The number of carbonyl (C=O) groups is 1. The third-order valence-electron chi connectivity index (χ3n) is 3.01. The lowest BCUT2D eigenvalue weighted by Crippen LogP contribution is -2.10. The van der Waals surface area contributed by atoms with Crippen molar-refractivity contribution in [2.45, 2.75) is 25.0 Å². The molecule has 1 aromatic heterocycles. The summed E-state index contributed by atoms with van der Waals surface area (Å²) in [6.07, 6.45) is 5.02. The average molecular weight is 266 g/mol. The molecule has 2 aliphatic heterocycles. The van der Waals surface area contributed by atoms with Gasteiger partial charge in [0, 0.05) is 10.6 Å². The number of thiophene rings is 1. The van der Waals surface area contributed by atoms with Crippen LogP contribution in [-0.2, 0) is 16.9 Å². The van der Waals surface area contributed by atoms with E-state index in [1.54, 1.807) is 11.3 Å². The number of aryl methyl sites for hydroxylation is 1. The third-order valence-corrected chi connectivity index (χ3v) is 5.25. The molecular weight excluding hydrogens is 252 g/mol. The van der Waals surface area contributed by atoms with Gasteiger partial charge in [0.15, 0.2) is 5.76 Å². The Kier molecular flexibility index (Phi) is 3.25. The number of allylic oxidation sites excluding steroid dienone is 2. The van der Waals surface area contributed by atoms with Crippen LogP contribution >= 0.6 is 23.1 Å². The van der Waals surface area contributed by atoms with Gasteiger partial charge >= 0.3 is 0 Å². The van der Waals surface area contributed by atoms with Crippen molar-refractivity contribution in [2.24, 2.45) is 0 Å². The van der Waals surface area contributed by atoms with Crippen molar-refractivity contribution in [3.8, 4) is 0 Å². The quantitative estimate of drug-likeness (QED) is 0.767. The van der Waals surface area contributed by atoms with E-state index in [2.05, 4.69) is 6.07 Å². The monoisotopic (exact) mass is 266 g/mol. The first-order valence-electron chi connectivity index (χ1n) is 5.91. The first kappa shape index (κ1) is 11.4. The topological polar surface area (TPSA) is 26.3 Å². The molecule has 0 amide bonds. The fourth-order valence-corrected chi connectivity index (χ4v) is 4.41. The Morgan fingerprint density at radius 1 is 1.41 bits per heavy atom. The number of carbonyl (C=O) groups excluding carboxylic acids is 1. The van der Waals surface area contributed by atoms with Gasteiger partial charge < -0.3 is 4.74 Å². The summed E-state index contributed by atoms with van der Waals surface area (Å²) in [5.74, 6) is 2.87. The summed E-state index contributed by atoms with van der Waals surface area (Å²) in [4.78, 5) is 14.5. The highest BCUT2D eigenvalue weighted by Crippen LogP contribution is 2.33. The molecule has 2 nitrogen and oxygen atoms in total. The molecule has 3 heterocycles. The summed E-state index contributed by atoms with van der Waals surface area (Å²) in [5, 5.41) is 0. The van der Waals surface area contributed by atoms with Crippen LogP contribution in [0.1, 0.15) is 33.0 Å². The molecule has 0 atom stereocenters. The second-order valence-electron chi connectivity index (χ2n) is 4.25. The molecule has 0 spiro atoms. The molecule has 17 heavy (non-hydrogen) atoms. The van der Waals surface area contributed by atoms with Crippen molar-refractivity contribution in [3.63, 3.8) is 0 Å². The van der Waals surface area contributed by atoms with Crippen LogP contribution in [0.15, 0.2) is 17.9 Å². The number of hydrogen-bond donors (Lipinski definition) is 0. The van der Waals surface area contributed by atoms with Crippen molar-refractivity contribution in [3.05, 3.63) is 33.2 Å². The van der Waals surface area contributed by atoms with Crippen LogP contribution in [0.5, 0.6) is 0 Å². The van der Waals surface area contributed by atoms with E-state index in [0.29, 0.717) is 12.4 Å². The minimum absolute atomic E-state index is 0.0779. The van der Waals surface area contributed by atoms with E-state index in [9.17, 15) is 4.79 Å². The summed E-state index contributed by atoms with van der Waals surface area (Å²) in [6.45, 7) is 0.679. The second-order valence-corrected chi connectivity index (χ2v) is 6.49. The van der Waals surface area contributed by atoms with E-state index < -0.39 is 0 Å². The number of ether oxygens (including phenoxy) is 1. The van der Waals surface area contributed by atoms with E-state index >= 15 is 0 Å². The van der Waals surface area contributed by atoms with Gasteiger partial charge in [-0.25, -0.2) is 0 Å².